The minimum Gasteiger partial charge on any atom is -0.465 e. The van der Waals surface area contributed by atoms with E-state index in [0.717, 1.165) is 5.56 Å². The molecule has 2 aliphatic heterocycles. The molecule has 1 saturated heterocycles. The summed E-state index contributed by atoms with van der Waals surface area (Å²) in [6.45, 7) is 3.10. The first kappa shape index (κ1) is 21.3. The fourth-order valence-electron chi connectivity index (χ4n) is 3.38. The topological polar surface area (TPSA) is 116 Å². The molecule has 0 radical (unpaired) electrons. The van der Waals surface area contributed by atoms with Gasteiger partial charge in [0.1, 0.15) is 10.7 Å². The van der Waals surface area contributed by atoms with Crippen molar-refractivity contribution >= 4 is 21.8 Å². The maximum absolute atomic E-state index is 13.3. The maximum atomic E-state index is 13.3. The Morgan fingerprint density at radius 3 is 2.68 bits per heavy atom. The van der Waals surface area contributed by atoms with Crippen molar-refractivity contribution in [1.29, 1.82) is 0 Å². The van der Waals surface area contributed by atoms with Crippen molar-refractivity contribution in [1.82, 2.24) is 9.29 Å². The average Bonchev–Trinajstić information content (AvgIpc) is 3.27. The Hall–Kier alpha value is -2.89. The van der Waals surface area contributed by atoms with Crippen molar-refractivity contribution in [2.75, 3.05) is 45.5 Å². The third-order valence-corrected chi connectivity index (χ3v) is 7.02. The van der Waals surface area contributed by atoms with Crippen LogP contribution in [0, 0.1) is 0 Å². The number of nitrogens with one attached hydrogen (secondary N) is 1. The summed E-state index contributed by atoms with van der Waals surface area (Å²) < 4.78 is 48.8. The van der Waals surface area contributed by atoms with Gasteiger partial charge < -0.3 is 24.3 Å². The van der Waals surface area contributed by atoms with Crippen LogP contribution in [0.1, 0.15) is 28.9 Å². The van der Waals surface area contributed by atoms with Gasteiger partial charge in [0.05, 0.1) is 31.9 Å². The number of ether oxygens (including phenoxy) is 4. The zero-order valence-electron chi connectivity index (χ0n) is 17.2. The highest BCUT2D eigenvalue weighted by molar-refractivity contribution is 7.89. The number of hydrogen-bond acceptors (Lipinski definition) is 9. The summed E-state index contributed by atoms with van der Waals surface area (Å²) in [4.78, 5) is 16.1. The Morgan fingerprint density at radius 2 is 1.94 bits per heavy atom. The highest BCUT2D eigenvalue weighted by atomic mass is 32.2. The molecule has 0 spiro atoms. The van der Waals surface area contributed by atoms with Crippen LogP contribution < -0.4 is 14.8 Å². The second-order valence-corrected chi connectivity index (χ2v) is 8.96. The number of methoxy groups -OCH3 is 1. The van der Waals surface area contributed by atoms with E-state index in [-0.39, 0.29) is 42.2 Å². The van der Waals surface area contributed by atoms with Gasteiger partial charge in [0.2, 0.25) is 16.8 Å². The SMILES string of the molecule is COC(=O)c1cnc(N[C@@H](C)c2ccc3c(c2)OCO3)c(S(=O)(=O)N2CCOCC2)c1. The zero-order chi connectivity index (χ0) is 22.0. The predicted molar refractivity (Wildman–Crippen MR) is 110 cm³/mol. The summed E-state index contributed by atoms with van der Waals surface area (Å²) in [6, 6.07) is 6.49. The third kappa shape index (κ3) is 4.29. The van der Waals surface area contributed by atoms with E-state index in [9.17, 15) is 13.2 Å². The quantitative estimate of drug-likeness (QED) is 0.659. The number of rotatable bonds is 6. The molecule has 2 aromatic rings. The number of hydrogen-bond donors (Lipinski definition) is 1. The van der Waals surface area contributed by atoms with Gasteiger partial charge in [0.25, 0.3) is 0 Å². The molecule has 3 heterocycles. The van der Waals surface area contributed by atoms with Crippen LogP contribution in [0.4, 0.5) is 5.82 Å². The lowest BCUT2D eigenvalue weighted by Gasteiger charge is -2.27. The van der Waals surface area contributed by atoms with E-state index < -0.39 is 16.0 Å². The standard InChI is InChI=1S/C20H23N3O7S/c1-13(14-3-4-16-17(9-14)30-12-29-16)22-19-18(10-15(11-21-19)20(24)27-2)31(25,26)23-5-7-28-8-6-23/h3-4,9-11,13H,5-8,12H2,1-2H3,(H,21,22)/t13-/m0/s1. The van der Waals surface area contributed by atoms with Gasteiger partial charge in [-0.15, -0.1) is 0 Å². The Morgan fingerprint density at radius 1 is 1.19 bits per heavy atom. The Balaban J connectivity index is 1.68. The molecule has 1 aromatic carbocycles. The monoisotopic (exact) mass is 449 g/mol. The van der Waals surface area contributed by atoms with Gasteiger partial charge in [-0.2, -0.15) is 4.31 Å². The number of esters is 1. The van der Waals surface area contributed by atoms with Gasteiger partial charge in [0, 0.05) is 19.3 Å². The lowest BCUT2D eigenvalue weighted by molar-refractivity contribution is 0.0600. The molecule has 31 heavy (non-hydrogen) atoms. The zero-order valence-corrected chi connectivity index (χ0v) is 18.0. The molecule has 0 amide bonds. The van der Waals surface area contributed by atoms with Crippen molar-refractivity contribution in [3.05, 3.63) is 41.6 Å². The predicted octanol–water partition coefficient (Wildman–Crippen LogP) is 1.79. The molecule has 10 nitrogen and oxygen atoms in total. The fourth-order valence-corrected chi connectivity index (χ4v) is 4.92. The largest absolute Gasteiger partial charge is 0.465 e. The number of aromatic nitrogens is 1. The molecule has 11 heteroatoms. The van der Waals surface area contributed by atoms with Crippen LogP contribution in [-0.4, -0.2) is 63.9 Å². The molecule has 1 atom stereocenters. The van der Waals surface area contributed by atoms with E-state index in [2.05, 4.69) is 10.3 Å². The van der Waals surface area contributed by atoms with E-state index in [1.165, 1.54) is 23.7 Å². The molecule has 0 aliphatic carbocycles. The number of morpholine rings is 1. The molecular weight excluding hydrogens is 426 g/mol. The molecule has 1 N–H and O–H groups in total. The van der Waals surface area contributed by atoms with Crippen LogP contribution in [0.2, 0.25) is 0 Å². The molecule has 1 fully saturated rings. The van der Waals surface area contributed by atoms with Crippen LogP contribution in [0.25, 0.3) is 0 Å². The van der Waals surface area contributed by atoms with Gasteiger partial charge in [-0.05, 0) is 30.7 Å². The van der Waals surface area contributed by atoms with Crippen LogP contribution >= 0.6 is 0 Å². The van der Waals surface area contributed by atoms with Gasteiger partial charge in [0.15, 0.2) is 11.5 Å². The van der Waals surface area contributed by atoms with Crippen molar-refractivity contribution in [2.24, 2.45) is 0 Å². The van der Waals surface area contributed by atoms with Gasteiger partial charge in [-0.3, -0.25) is 0 Å². The molecule has 4 rings (SSSR count). The van der Waals surface area contributed by atoms with Gasteiger partial charge >= 0.3 is 5.97 Å². The molecule has 0 bridgehead atoms. The Kier molecular flexibility index (Phi) is 5.99. The summed E-state index contributed by atoms with van der Waals surface area (Å²) in [6.07, 6.45) is 1.29. The highest BCUT2D eigenvalue weighted by Crippen LogP contribution is 2.35. The molecule has 1 aromatic heterocycles. The third-order valence-electron chi connectivity index (χ3n) is 5.11. The number of carbonyl (C=O) groups excluding carboxylic acids is 1. The number of nitrogens with zero attached hydrogens (tertiary/aromatic N) is 2. The number of pyridine rings is 1. The lowest BCUT2D eigenvalue weighted by atomic mass is 10.1. The number of carbonyl (C=O) groups is 1. The van der Waals surface area contributed by atoms with E-state index >= 15 is 0 Å². The molecular formula is C20H23N3O7S. The first-order valence-corrected chi connectivity index (χ1v) is 11.2. The van der Waals surface area contributed by atoms with E-state index in [1.807, 2.05) is 19.1 Å². The van der Waals surface area contributed by atoms with Crippen LogP contribution in [0.15, 0.2) is 35.4 Å². The van der Waals surface area contributed by atoms with Crippen LogP contribution in [0.3, 0.4) is 0 Å². The summed E-state index contributed by atoms with van der Waals surface area (Å²) >= 11 is 0. The smallest absolute Gasteiger partial charge is 0.339 e. The van der Waals surface area contributed by atoms with Crippen molar-refractivity contribution in [2.45, 2.75) is 17.9 Å². The van der Waals surface area contributed by atoms with Crippen molar-refractivity contribution < 1.29 is 32.2 Å². The first-order chi connectivity index (χ1) is 14.9. The minimum atomic E-state index is -3.92. The lowest BCUT2D eigenvalue weighted by Crippen LogP contribution is -2.41. The maximum Gasteiger partial charge on any atom is 0.339 e. The number of sulfonamides is 1. The van der Waals surface area contributed by atoms with E-state index in [4.69, 9.17) is 18.9 Å². The normalized spacial score (nSPS) is 17.2. The number of benzene rings is 1. The molecule has 2 aliphatic rings. The number of fused-ring (bicyclic) bond motifs is 1. The summed E-state index contributed by atoms with van der Waals surface area (Å²) in [7, 11) is -2.69. The molecule has 0 unspecified atom stereocenters. The Labute approximate surface area is 180 Å². The van der Waals surface area contributed by atoms with Crippen molar-refractivity contribution in [3.63, 3.8) is 0 Å². The second-order valence-electron chi connectivity index (χ2n) is 7.06. The minimum absolute atomic E-state index is 0.0515. The van der Waals surface area contributed by atoms with E-state index in [1.54, 1.807) is 6.07 Å². The van der Waals surface area contributed by atoms with Crippen LogP contribution in [0.5, 0.6) is 11.5 Å². The summed E-state index contributed by atoms with van der Waals surface area (Å²) in [5.41, 5.74) is 0.911. The first-order valence-electron chi connectivity index (χ1n) is 9.72. The summed E-state index contributed by atoms with van der Waals surface area (Å²) in [5, 5.41) is 3.15. The molecule has 166 valence electrons. The summed E-state index contributed by atoms with van der Waals surface area (Å²) in [5.74, 6) is 0.763. The second kappa shape index (κ2) is 8.69. The van der Waals surface area contributed by atoms with Gasteiger partial charge in [-0.25, -0.2) is 18.2 Å². The highest BCUT2D eigenvalue weighted by Gasteiger charge is 2.31. The van der Waals surface area contributed by atoms with Crippen LogP contribution in [-0.2, 0) is 19.5 Å². The average molecular weight is 449 g/mol. The van der Waals surface area contributed by atoms with E-state index in [0.29, 0.717) is 24.7 Å². The fraction of sp³-hybridized carbons (Fsp3) is 0.400. The number of anilines is 1. The molecule has 0 saturated carbocycles. The van der Waals surface area contributed by atoms with Gasteiger partial charge in [-0.1, -0.05) is 6.07 Å². The Bertz CT molecular complexity index is 1080. The van der Waals surface area contributed by atoms with Crippen molar-refractivity contribution in [3.8, 4) is 11.5 Å².